The number of ketones is 1. The van der Waals surface area contributed by atoms with Crippen molar-refractivity contribution in [3.63, 3.8) is 0 Å². The van der Waals surface area contributed by atoms with E-state index in [4.69, 9.17) is 0 Å². The van der Waals surface area contributed by atoms with Gasteiger partial charge in [0.2, 0.25) is 5.85 Å². The molecule has 3 heteroatoms. The number of Topliss-reactive ketones (excluding diaryl/α,β-unsaturated/α-hetero) is 1. The Morgan fingerprint density at radius 3 is 2.55 bits per heavy atom. The van der Waals surface area contributed by atoms with E-state index in [2.05, 4.69) is 6.92 Å². The van der Waals surface area contributed by atoms with Crippen LogP contribution < -0.4 is 0 Å². The topological polar surface area (TPSA) is 37.3 Å². The van der Waals surface area contributed by atoms with Gasteiger partial charge in [-0.2, -0.15) is 0 Å². The molecule has 0 heterocycles. The van der Waals surface area contributed by atoms with Crippen molar-refractivity contribution in [3.05, 3.63) is 0 Å². The van der Waals surface area contributed by atoms with Gasteiger partial charge >= 0.3 is 0 Å². The van der Waals surface area contributed by atoms with Crippen LogP contribution in [0.25, 0.3) is 0 Å². The lowest BCUT2D eigenvalue weighted by atomic mass is 9.45. The first kappa shape index (κ1) is 15.1. The molecule has 0 radical (unpaired) electrons. The first-order valence-electron chi connectivity index (χ1n) is 9.25. The Morgan fingerprint density at radius 1 is 1.05 bits per heavy atom. The van der Waals surface area contributed by atoms with Crippen molar-refractivity contribution in [1.29, 1.82) is 0 Å². The van der Waals surface area contributed by atoms with E-state index in [1.165, 1.54) is 6.42 Å². The van der Waals surface area contributed by atoms with Crippen molar-refractivity contribution >= 4 is 5.78 Å². The van der Waals surface area contributed by atoms with Crippen molar-refractivity contribution < 1.29 is 14.3 Å². The second-order valence-electron chi connectivity index (χ2n) is 9.00. The lowest BCUT2D eigenvalue weighted by molar-refractivity contribution is -0.206. The molecule has 0 aromatic carbocycles. The lowest BCUT2D eigenvalue weighted by Crippen LogP contribution is -2.57. The van der Waals surface area contributed by atoms with Gasteiger partial charge in [-0.05, 0) is 68.6 Å². The summed E-state index contributed by atoms with van der Waals surface area (Å²) in [6.07, 6.45) is 7.98. The predicted octanol–water partition coefficient (Wildman–Crippen LogP) is 4.26. The van der Waals surface area contributed by atoms with Gasteiger partial charge in [0.05, 0.1) is 0 Å². The number of halogens is 1. The van der Waals surface area contributed by atoms with Gasteiger partial charge in [-0.15, -0.1) is 0 Å². The third kappa shape index (κ3) is 1.67. The largest absolute Gasteiger partial charge is 0.361 e. The quantitative estimate of drug-likeness (QED) is 0.726. The summed E-state index contributed by atoms with van der Waals surface area (Å²) in [5.74, 6) is 0.129. The highest BCUT2D eigenvalue weighted by Gasteiger charge is 2.66. The molecule has 0 amide bonds. The van der Waals surface area contributed by atoms with Crippen molar-refractivity contribution in [2.24, 2.45) is 34.5 Å². The van der Waals surface area contributed by atoms with E-state index in [1.54, 1.807) is 0 Å². The van der Waals surface area contributed by atoms with E-state index in [9.17, 15) is 14.3 Å². The zero-order chi connectivity index (χ0) is 15.8. The molecule has 4 saturated carbocycles. The summed E-state index contributed by atoms with van der Waals surface area (Å²) in [6, 6.07) is 0. The summed E-state index contributed by atoms with van der Waals surface area (Å²) in [5, 5.41) is 10.3. The first-order chi connectivity index (χ1) is 10.3. The van der Waals surface area contributed by atoms with Crippen molar-refractivity contribution in [2.75, 3.05) is 0 Å². The van der Waals surface area contributed by atoms with Crippen LogP contribution in [0.4, 0.5) is 4.39 Å². The van der Waals surface area contributed by atoms with Crippen molar-refractivity contribution in [3.8, 4) is 0 Å². The molecule has 0 saturated heterocycles. The van der Waals surface area contributed by atoms with Gasteiger partial charge in [-0.25, -0.2) is 4.39 Å². The minimum Gasteiger partial charge on any atom is -0.361 e. The molecular weight excluding hydrogens is 279 g/mol. The summed E-state index contributed by atoms with van der Waals surface area (Å²) in [5.41, 5.74) is -0.755. The Hall–Kier alpha value is -0.440. The summed E-state index contributed by atoms with van der Waals surface area (Å²) >= 11 is 0. The van der Waals surface area contributed by atoms with Gasteiger partial charge in [0.15, 0.2) is 0 Å². The molecule has 0 bridgehead atoms. The highest BCUT2D eigenvalue weighted by atomic mass is 19.2. The molecule has 1 N–H and O–H groups in total. The van der Waals surface area contributed by atoms with E-state index in [1.807, 2.05) is 6.92 Å². The van der Waals surface area contributed by atoms with Gasteiger partial charge in [-0.1, -0.05) is 13.8 Å². The van der Waals surface area contributed by atoms with E-state index >= 15 is 0 Å². The maximum Gasteiger partial charge on any atom is 0.212 e. The maximum atomic E-state index is 14.7. The molecule has 4 rings (SSSR count). The molecular formula is C19H29FO2. The standard InChI is InChI=1S/C19H29FO2/c1-17-10-8-15-13(14(17)9-11-19(17,20)22)7-6-12-4-3-5-16(21)18(12,15)2/h12-15,22H,3-11H2,1-2H3/t12?,13-,14-,15+,17-,18-,19?/m0/s1. The fourth-order valence-electron chi connectivity index (χ4n) is 7.05. The first-order valence-corrected chi connectivity index (χ1v) is 9.25. The number of hydrogen-bond donors (Lipinski definition) is 1. The van der Waals surface area contributed by atoms with Gasteiger partial charge in [0.25, 0.3) is 0 Å². The van der Waals surface area contributed by atoms with Crippen LogP contribution in [-0.2, 0) is 4.79 Å². The summed E-state index contributed by atoms with van der Waals surface area (Å²) in [4.78, 5) is 12.8. The van der Waals surface area contributed by atoms with Crippen LogP contribution in [0.2, 0.25) is 0 Å². The molecule has 4 aliphatic carbocycles. The predicted molar refractivity (Wildman–Crippen MR) is 82.8 cm³/mol. The van der Waals surface area contributed by atoms with Crippen LogP contribution in [0.5, 0.6) is 0 Å². The second kappa shape index (κ2) is 4.55. The number of aliphatic hydroxyl groups is 1. The van der Waals surface area contributed by atoms with Crippen LogP contribution >= 0.6 is 0 Å². The number of hydrogen-bond acceptors (Lipinski definition) is 2. The third-order valence-corrected chi connectivity index (χ3v) is 8.51. The highest BCUT2D eigenvalue weighted by molar-refractivity contribution is 5.86. The molecule has 124 valence electrons. The van der Waals surface area contributed by atoms with Gasteiger partial charge in [-0.3, -0.25) is 4.79 Å². The number of alkyl halides is 1. The molecule has 2 nitrogen and oxygen atoms in total. The van der Waals surface area contributed by atoms with Crippen molar-refractivity contribution in [1.82, 2.24) is 0 Å². The fraction of sp³-hybridized carbons (Fsp3) is 0.947. The minimum atomic E-state index is -2.00. The van der Waals surface area contributed by atoms with E-state index < -0.39 is 11.3 Å². The second-order valence-corrected chi connectivity index (χ2v) is 9.00. The Morgan fingerprint density at radius 2 is 1.77 bits per heavy atom. The normalized spacial score (nSPS) is 57.9. The molecule has 0 aliphatic heterocycles. The zero-order valence-electron chi connectivity index (χ0n) is 13.9. The smallest absolute Gasteiger partial charge is 0.212 e. The van der Waals surface area contributed by atoms with Crippen molar-refractivity contribution in [2.45, 2.75) is 77.5 Å². The minimum absolute atomic E-state index is 0.167. The monoisotopic (exact) mass is 308 g/mol. The molecule has 0 spiro atoms. The van der Waals surface area contributed by atoms with E-state index in [-0.39, 0.29) is 17.8 Å². The number of fused-ring (bicyclic) bond motifs is 5. The number of carbonyl (C=O) groups excluding carboxylic acids is 1. The zero-order valence-corrected chi connectivity index (χ0v) is 13.9. The third-order valence-electron chi connectivity index (χ3n) is 8.51. The van der Waals surface area contributed by atoms with Crippen LogP contribution in [0, 0.1) is 34.5 Å². The molecule has 2 unspecified atom stereocenters. The lowest BCUT2D eigenvalue weighted by Gasteiger charge is -2.59. The molecule has 7 atom stereocenters. The summed E-state index contributed by atoms with van der Waals surface area (Å²) in [6.45, 7) is 4.17. The number of carbonyl (C=O) groups is 1. The summed E-state index contributed by atoms with van der Waals surface area (Å²) in [7, 11) is 0. The van der Waals surface area contributed by atoms with Crippen LogP contribution in [0.1, 0.15) is 71.6 Å². The molecule has 22 heavy (non-hydrogen) atoms. The van der Waals surface area contributed by atoms with E-state index in [0.29, 0.717) is 23.5 Å². The molecule has 0 aromatic rings. The number of rotatable bonds is 0. The van der Waals surface area contributed by atoms with Gasteiger partial charge in [0, 0.05) is 23.7 Å². The molecule has 0 aromatic heterocycles. The average Bonchev–Trinajstić information content (AvgIpc) is 2.71. The Bertz CT molecular complexity index is 502. The van der Waals surface area contributed by atoms with Gasteiger partial charge < -0.3 is 5.11 Å². The average molecular weight is 308 g/mol. The van der Waals surface area contributed by atoms with Crippen LogP contribution in [-0.4, -0.2) is 16.7 Å². The SMILES string of the molecule is C[C@]12C(=O)CCCC1CC[C@@H]1[C@H]2CC[C@@]2(C)[C@H]1CCC2(O)F. The van der Waals surface area contributed by atoms with Crippen LogP contribution in [0.15, 0.2) is 0 Å². The maximum absolute atomic E-state index is 14.7. The Labute approximate surface area is 132 Å². The highest BCUT2D eigenvalue weighted by Crippen LogP contribution is 2.67. The molecule has 4 aliphatic rings. The van der Waals surface area contributed by atoms with E-state index in [0.717, 1.165) is 44.9 Å². The summed E-state index contributed by atoms with van der Waals surface area (Å²) < 4.78 is 14.7. The molecule has 4 fully saturated rings. The Balaban J connectivity index is 1.70. The Kier molecular flexibility index (Phi) is 3.13. The van der Waals surface area contributed by atoms with Gasteiger partial charge in [0.1, 0.15) is 5.78 Å². The fourth-order valence-corrected chi connectivity index (χ4v) is 7.05. The van der Waals surface area contributed by atoms with Crippen LogP contribution in [0.3, 0.4) is 0 Å².